The highest BCUT2D eigenvalue weighted by atomic mass is 35.5. The van der Waals surface area contributed by atoms with Crippen LogP contribution < -0.4 is 4.90 Å². The molecule has 3 nitrogen and oxygen atoms in total. The van der Waals surface area contributed by atoms with E-state index in [9.17, 15) is 9.18 Å². The van der Waals surface area contributed by atoms with Crippen LogP contribution in [-0.4, -0.2) is 17.9 Å². The number of benzene rings is 1. The highest BCUT2D eigenvalue weighted by molar-refractivity contribution is 6.17. The van der Waals surface area contributed by atoms with Gasteiger partial charge in [0.05, 0.1) is 0 Å². The number of rotatable bonds is 2. The zero-order chi connectivity index (χ0) is 15.0. The maximum Gasteiger partial charge on any atom is 0.227 e. The quantitative estimate of drug-likeness (QED) is 0.795. The number of amides is 1. The summed E-state index contributed by atoms with van der Waals surface area (Å²) >= 11 is 5.80. The molecule has 1 aromatic carbocycles. The molecule has 5 heteroatoms. The van der Waals surface area contributed by atoms with Crippen molar-refractivity contribution in [1.82, 2.24) is 4.98 Å². The molecule has 0 aliphatic carbocycles. The molecule has 0 radical (unpaired) electrons. The summed E-state index contributed by atoms with van der Waals surface area (Å²) < 4.78 is 14.4. The number of alkyl halides is 1. The maximum atomic E-state index is 14.4. The second kappa shape index (κ2) is 5.45. The van der Waals surface area contributed by atoms with Crippen molar-refractivity contribution in [2.75, 3.05) is 11.9 Å². The van der Waals surface area contributed by atoms with Crippen LogP contribution in [0.2, 0.25) is 0 Å². The topological polar surface area (TPSA) is 33.2 Å². The Labute approximate surface area is 127 Å². The first-order valence-corrected chi connectivity index (χ1v) is 7.23. The number of aryl methyl sites for hydroxylation is 1. The molecule has 0 bridgehead atoms. The van der Waals surface area contributed by atoms with Gasteiger partial charge in [-0.05, 0) is 35.7 Å². The molecule has 0 N–H and O–H groups in total. The van der Waals surface area contributed by atoms with E-state index >= 15 is 0 Å². The van der Waals surface area contributed by atoms with Gasteiger partial charge in [-0.3, -0.25) is 9.78 Å². The lowest BCUT2D eigenvalue weighted by Crippen LogP contribution is -2.31. The Morgan fingerprint density at radius 1 is 1.29 bits per heavy atom. The van der Waals surface area contributed by atoms with Crippen LogP contribution in [0.4, 0.5) is 10.1 Å². The number of nitrogens with zero attached hydrogens (tertiary/aromatic N) is 2. The van der Waals surface area contributed by atoms with E-state index < -0.39 is 0 Å². The number of anilines is 1. The van der Waals surface area contributed by atoms with Crippen LogP contribution in [0.1, 0.15) is 17.5 Å². The van der Waals surface area contributed by atoms with Gasteiger partial charge < -0.3 is 4.90 Å². The average Bonchev–Trinajstić information content (AvgIpc) is 2.51. The fraction of sp³-hybridized carbons (Fsp3) is 0.250. The summed E-state index contributed by atoms with van der Waals surface area (Å²) in [5, 5.41) is 0. The molecule has 1 aliphatic heterocycles. The molecule has 2 aromatic rings. The summed E-state index contributed by atoms with van der Waals surface area (Å²) in [6.45, 7) is 0. The third kappa shape index (κ3) is 2.51. The molecule has 0 saturated carbocycles. The number of aromatic nitrogens is 1. The summed E-state index contributed by atoms with van der Waals surface area (Å²) in [5.41, 5.74) is 3.67. The molecule has 0 unspecified atom stereocenters. The van der Waals surface area contributed by atoms with Crippen molar-refractivity contribution in [2.45, 2.75) is 18.7 Å². The molecule has 3 rings (SSSR count). The van der Waals surface area contributed by atoms with Gasteiger partial charge in [-0.2, -0.15) is 0 Å². The molecule has 0 saturated heterocycles. The molecule has 1 amide bonds. The molecule has 2 heterocycles. The number of hydrogen-bond acceptors (Lipinski definition) is 2. The minimum atomic E-state index is -0.358. The first kappa shape index (κ1) is 14.0. The van der Waals surface area contributed by atoms with Gasteiger partial charge in [0.25, 0.3) is 0 Å². The van der Waals surface area contributed by atoms with Gasteiger partial charge in [-0.15, -0.1) is 11.6 Å². The SMILES string of the molecule is CN1C(=O)CCc2cc(-c3cncc(CCl)c3)c(F)cc21. The van der Waals surface area contributed by atoms with Gasteiger partial charge in [0.1, 0.15) is 5.82 Å². The average molecular weight is 305 g/mol. The van der Waals surface area contributed by atoms with Crippen molar-refractivity contribution < 1.29 is 9.18 Å². The third-order valence-corrected chi connectivity index (χ3v) is 4.08. The molecular weight excluding hydrogens is 291 g/mol. The zero-order valence-electron chi connectivity index (χ0n) is 11.6. The summed E-state index contributed by atoms with van der Waals surface area (Å²) in [6, 6.07) is 5.07. The van der Waals surface area contributed by atoms with E-state index in [1.54, 1.807) is 19.4 Å². The highest BCUT2D eigenvalue weighted by Crippen LogP contribution is 2.33. The molecule has 0 atom stereocenters. The molecule has 0 fully saturated rings. The van der Waals surface area contributed by atoms with Crippen molar-refractivity contribution in [3.05, 3.63) is 47.5 Å². The van der Waals surface area contributed by atoms with Crippen LogP contribution in [0.3, 0.4) is 0 Å². The molecule has 1 aliphatic rings. The number of carbonyl (C=O) groups is 1. The third-order valence-electron chi connectivity index (χ3n) is 3.77. The lowest BCUT2D eigenvalue weighted by Gasteiger charge is -2.26. The van der Waals surface area contributed by atoms with E-state index in [1.165, 1.54) is 11.0 Å². The van der Waals surface area contributed by atoms with Crippen molar-refractivity contribution in [3.8, 4) is 11.1 Å². The Morgan fingerprint density at radius 2 is 2.10 bits per heavy atom. The van der Waals surface area contributed by atoms with Gasteiger partial charge in [0.2, 0.25) is 5.91 Å². The number of pyridine rings is 1. The van der Waals surface area contributed by atoms with Crippen molar-refractivity contribution in [1.29, 1.82) is 0 Å². The molecule has 0 spiro atoms. The monoisotopic (exact) mass is 304 g/mol. The van der Waals surface area contributed by atoms with E-state index in [-0.39, 0.29) is 11.7 Å². The molecular formula is C16H14ClFN2O. The second-order valence-corrected chi connectivity index (χ2v) is 5.40. The lowest BCUT2D eigenvalue weighted by molar-refractivity contribution is -0.118. The predicted octanol–water partition coefficient (Wildman–Crippen LogP) is 3.54. The van der Waals surface area contributed by atoms with Gasteiger partial charge in [0, 0.05) is 48.6 Å². The summed E-state index contributed by atoms with van der Waals surface area (Å²) in [5.74, 6) is -0.00533. The Bertz CT molecular complexity index is 717. The van der Waals surface area contributed by atoms with E-state index in [2.05, 4.69) is 4.98 Å². The Morgan fingerprint density at radius 3 is 2.86 bits per heavy atom. The van der Waals surface area contributed by atoms with Gasteiger partial charge >= 0.3 is 0 Å². The van der Waals surface area contributed by atoms with E-state index in [4.69, 9.17) is 11.6 Å². The second-order valence-electron chi connectivity index (χ2n) is 5.13. The minimum Gasteiger partial charge on any atom is -0.315 e. The van der Waals surface area contributed by atoms with E-state index in [1.807, 2.05) is 12.1 Å². The van der Waals surface area contributed by atoms with Crippen molar-refractivity contribution in [3.63, 3.8) is 0 Å². The van der Waals surface area contributed by atoms with Crippen LogP contribution >= 0.6 is 11.6 Å². The van der Waals surface area contributed by atoms with Gasteiger partial charge in [-0.1, -0.05) is 0 Å². The Hall–Kier alpha value is -1.94. The Balaban J connectivity index is 2.10. The number of fused-ring (bicyclic) bond motifs is 1. The van der Waals surface area contributed by atoms with Crippen molar-refractivity contribution >= 4 is 23.2 Å². The van der Waals surface area contributed by atoms with Gasteiger partial charge in [0.15, 0.2) is 0 Å². The normalized spacial score (nSPS) is 14.2. The fourth-order valence-corrected chi connectivity index (χ4v) is 2.74. The molecule has 21 heavy (non-hydrogen) atoms. The zero-order valence-corrected chi connectivity index (χ0v) is 12.3. The first-order valence-electron chi connectivity index (χ1n) is 6.69. The minimum absolute atomic E-state index is 0.0143. The van der Waals surface area contributed by atoms with Crippen LogP contribution in [-0.2, 0) is 17.1 Å². The summed E-state index contributed by atoms with van der Waals surface area (Å²) in [4.78, 5) is 17.3. The number of halogens is 2. The molecule has 1 aromatic heterocycles. The van der Waals surface area contributed by atoms with E-state index in [0.29, 0.717) is 35.5 Å². The largest absolute Gasteiger partial charge is 0.315 e. The smallest absolute Gasteiger partial charge is 0.227 e. The first-order chi connectivity index (χ1) is 10.1. The lowest BCUT2D eigenvalue weighted by atomic mass is 9.96. The van der Waals surface area contributed by atoms with Gasteiger partial charge in [-0.25, -0.2) is 4.39 Å². The summed E-state index contributed by atoms with van der Waals surface area (Å²) in [6.07, 6.45) is 4.38. The van der Waals surface area contributed by atoms with Crippen LogP contribution in [0, 0.1) is 5.82 Å². The van der Waals surface area contributed by atoms with Crippen molar-refractivity contribution in [2.24, 2.45) is 0 Å². The number of hydrogen-bond donors (Lipinski definition) is 0. The molecule has 108 valence electrons. The van der Waals surface area contributed by atoms with E-state index in [0.717, 1.165) is 11.1 Å². The standard InChI is InChI=1S/C16H14ClFN2O/c1-20-15-6-14(18)13(5-11(15)2-3-16(20)21)12-4-10(7-17)8-19-9-12/h4-6,8-9H,2-3,7H2,1H3. The maximum absolute atomic E-state index is 14.4. The number of carbonyl (C=O) groups excluding carboxylic acids is 1. The highest BCUT2D eigenvalue weighted by Gasteiger charge is 2.23. The summed E-state index contributed by atoms with van der Waals surface area (Å²) in [7, 11) is 1.68. The van der Waals surface area contributed by atoms with Crippen LogP contribution in [0.25, 0.3) is 11.1 Å². The van der Waals surface area contributed by atoms with Crippen LogP contribution in [0.5, 0.6) is 0 Å². The fourth-order valence-electron chi connectivity index (χ4n) is 2.59. The Kier molecular flexibility index (Phi) is 3.64. The predicted molar refractivity (Wildman–Crippen MR) is 80.9 cm³/mol. The van der Waals surface area contributed by atoms with Crippen LogP contribution in [0.15, 0.2) is 30.6 Å².